The molecule has 0 unspecified atom stereocenters. The van der Waals surface area contributed by atoms with E-state index in [0.29, 0.717) is 18.1 Å². The number of aryl methyl sites for hydroxylation is 1. The lowest BCUT2D eigenvalue weighted by Crippen LogP contribution is -2.32. The lowest BCUT2D eigenvalue weighted by atomic mass is 10.4. The van der Waals surface area contributed by atoms with E-state index in [0.717, 1.165) is 17.5 Å². The molecule has 2 aromatic rings. The van der Waals surface area contributed by atoms with Crippen molar-refractivity contribution in [2.45, 2.75) is 10.9 Å². The minimum Gasteiger partial charge on any atom is -0.455 e. The van der Waals surface area contributed by atoms with Crippen molar-refractivity contribution in [1.82, 2.24) is 19.8 Å². The zero-order chi connectivity index (χ0) is 15.2. The Labute approximate surface area is 128 Å². The third-order valence-corrected chi connectivity index (χ3v) is 4.12. The van der Waals surface area contributed by atoms with Gasteiger partial charge >= 0.3 is 0 Å². The van der Waals surface area contributed by atoms with Crippen molar-refractivity contribution in [2.24, 2.45) is 7.05 Å². The van der Waals surface area contributed by atoms with E-state index >= 15 is 0 Å². The molecule has 0 fully saturated rings. The van der Waals surface area contributed by atoms with Gasteiger partial charge in [0.2, 0.25) is 0 Å². The van der Waals surface area contributed by atoms with E-state index in [1.54, 1.807) is 36.0 Å². The maximum absolute atomic E-state index is 12.1. The fourth-order valence-corrected chi connectivity index (χ4v) is 2.59. The summed E-state index contributed by atoms with van der Waals surface area (Å²) in [6.45, 7) is 1.40. The number of carbonyl (C=O) groups is 1. The molecule has 0 saturated carbocycles. The second-order valence-electron chi connectivity index (χ2n) is 4.71. The lowest BCUT2D eigenvalue weighted by molar-refractivity contribution is 0.0764. The molecule has 0 spiro atoms. The number of nitrogens with one attached hydrogen (secondary N) is 1. The molecule has 6 nitrogen and oxygen atoms in total. The van der Waals surface area contributed by atoms with Crippen LogP contribution in [0.4, 0.5) is 0 Å². The second-order valence-corrected chi connectivity index (χ2v) is 5.65. The fraction of sp³-hybridized carbons (Fsp3) is 0.429. The van der Waals surface area contributed by atoms with E-state index in [9.17, 15) is 4.79 Å². The summed E-state index contributed by atoms with van der Waals surface area (Å²) in [5.74, 6) is 1.70. The first-order chi connectivity index (χ1) is 10.1. The van der Waals surface area contributed by atoms with Gasteiger partial charge in [0.15, 0.2) is 10.9 Å². The van der Waals surface area contributed by atoms with Gasteiger partial charge < -0.3 is 19.2 Å². The number of thioether (sulfide) groups is 1. The molecule has 21 heavy (non-hydrogen) atoms. The van der Waals surface area contributed by atoms with Gasteiger partial charge in [0.1, 0.15) is 5.76 Å². The van der Waals surface area contributed by atoms with Crippen LogP contribution in [0.2, 0.25) is 0 Å². The lowest BCUT2D eigenvalue weighted by Gasteiger charge is -2.14. The van der Waals surface area contributed by atoms with Gasteiger partial charge in [-0.3, -0.25) is 4.79 Å². The third kappa shape index (κ3) is 4.12. The Hall–Kier alpha value is -1.73. The molecule has 7 heteroatoms. The minimum atomic E-state index is -0.0986. The largest absolute Gasteiger partial charge is 0.455 e. The second kappa shape index (κ2) is 7.33. The van der Waals surface area contributed by atoms with Crippen molar-refractivity contribution in [3.8, 4) is 0 Å². The SMILES string of the molecule is CNCCN(C)C(=O)c1ccc(CSc2nccn2C)o1. The molecular formula is C14H20N4O2S. The van der Waals surface area contributed by atoms with Gasteiger partial charge in [-0.05, 0) is 19.2 Å². The highest BCUT2D eigenvalue weighted by Gasteiger charge is 2.15. The molecule has 1 amide bonds. The molecule has 0 radical (unpaired) electrons. The highest BCUT2D eigenvalue weighted by atomic mass is 32.2. The van der Waals surface area contributed by atoms with E-state index in [-0.39, 0.29) is 5.91 Å². The van der Waals surface area contributed by atoms with Crippen molar-refractivity contribution >= 4 is 17.7 Å². The molecule has 2 aromatic heterocycles. The molecule has 0 aliphatic heterocycles. The van der Waals surface area contributed by atoms with Crippen molar-refractivity contribution in [3.63, 3.8) is 0 Å². The minimum absolute atomic E-state index is 0.0986. The smallest absolute Gasteiger partial charge is 0.289 e. The van der Waals surface area contributed by atoms with Crippen LogP contribution in [0.3, 0.4) is 0 Å². The molecule has 0 saturated heterocycles. The van der Waals surface area contributed by atoms with E-state index in [1.807, 2.05) is 30.9 Å². The predicted octanol–water partition coefficient (Wildman–Crippen LogP) is 1.60. The normalized spacial score (nSPS) is 10.8. The average Bonchev–Trinajstić information content (AvgIpc) is 3.10. The molecular weight excluding hydrogens is 288 g/mol. The maximum atomic E-state index is 12.1. The molecule has 0 aromatic carbocycles. The Kier molecular flexibility index (Phi) is 5.46. The molecule has 114 valence electrons. The van der Waals surface area contributed by atoms with Crippen LogP contribution in [0.15, 0.2) is 34.1 Å². The summed E-state index contributed by atoms with van der Waals surface area (Å²) in [7, 11) is 5.58. The van der Waals surface area contributed by atoms with E-state index in [1.165, 1.54) is 0 Å². The van der Waals surface area contributed by atoms with Crippen LogP contribution >= 0.6 is 11.8 Å². The van der Waals surface area contributed by atoms with Crippen molar-refractivity contribution in [3.05, 3.63) is 36.0 Å². The van der Waals surface area contributed by atoms with Gasteiger partial charge in [-0.2, -0.15) is 0 Å². The van der Waals surface area contributed by atoms with E-state index in [2.05, 4.69) is 10.3 Å². The van der Waals surface area contributed by atoms with Gasteiger partial charge in [-0.15, -0.1) is 0 Å². The predicted molar refractivity (Wildman–Crippen MR) is 82.4 cm³/mol. The van der Waals surface area contributed by atoms with Crippen LogP contribution in [0.25, 0.3) is 0 Å². The van der Waals surface area contributed by atoms with Gasteiger partial charge in [0, 0.05) is 39.6 Å². The molecule has 0 bridgehead atoms. The first-order valence-corrected chi connectivity index (χ1v) is 7.69. The summed E-state index contributed by atoms with van der Waals surface area (Å²) in [4.78, 5) is 18.0. The monoisotopic (exact) mass is 308 g/mol. The number of rotatable bonds is 7. The summed E-state index contributed by atoms with van der Waals surface area (Å²) in [5, 5.41) is 3.94. The van der Waals surface area contributed by atoms with Crippen LogP contribution in [0.1, 0.15) is 16.3 Å². The maximum Gasteiger partial charge on any atom is 0.289 e. The molecule has 1 N–H and O–H groups in total. The van der Waals surface area contributed by atoms with Crippen LogP contribution in [-0.2, 0) is 12.8 Å². The molecule has 2 heterocycles. The van der Waals surface area contributed by atoms with E-state index < -0.39 is 0 Å². The van der Waals surface area contributed by atoms with Gasteiger partial charge in [0.25, 0.3) is 5.91 Å². The quantitative estimate of drug-likeness (QED) is 0.787. The number of aromatic nitrogens is 2. The van der Waals surface area contributed by atoms with Crippen LogP contribution in [-0.4, -0.2) is 47.5 Å². The number of amides is 1. The average molecular weight is 308 g/mol. The number of nitrogens with zero attached hydrogens (tertiary/aromatic N) is 3. The fourth-order valence-electron chi connectivity index (χ4n) is 1.77. The van der Waals surface area contributed by atoms with Crippen LogP contribution < -0.4 is 5.32 Å². The standard InChI is InChI=1S/C14H20N4O2S/c1-15-6-8-17(2)13(19)12-5-4-11(20-12)10-21-14-16-7-9-18(14)3/h4-5,7,9,15H,6,8,10H2,1-3H3. The highest BCUT2D eigenvalue weighted by molar-refractivity contribution is 7.98. The number of hydrogen-bond donors (Lipinski definition) is 1. The van der Waals surface area contributed by atoms with Crippen LogP contribution in [0, 0.1) is 0 Å². The first kappa shape index (κ1) is 15.7. The topological polar surface area (TPSA) is 63.3 Å². The Morgan fingerprint density at radius 1 is 1.52 bits per heavy atom. The summed E-state index contributed by atoms with van der Waals surface area (Å²) >= 11 is 1.58. The van der Waals surface area contributed by atoms with Gasteiger partial charge in [-0.1, -0.05) is 11.8 Å². The van der Waals surface area contributed by atoms with Crippen molar-refractivity contribution in [1.29, 1.82) is 0 Å². The zero-order valence-electron chi connectivity index (χ0n) is 12.5. The van der Waals surface area contributed by atoms with Gasteiger partial charge in [-0.25, -0.2) is 4.98 Å². The van der Waals surface area contributed by atoms with E-state index in [4.69, 9.17) is 4.42 Å². The summed E-state index contributed by atoms with van der Waals surface area (Å²) in [6.07, 6.45) is 3.66. The third-order valence-electron chi connectivity index (χ3n) is 3.04. The molecule has 0 aliphatic rings. The number of carbonyl (C=O) groups excluding carboxylic acids is 1. The zero-order valence-corrected chi connectivity index (χ0v) is 13.3. The molecule has 2 rings (SSSR count). The highest BCUT2D eigenvalue weighted by Crippen LogP contribution is 2.22. The molecule has 0 atom stereocenters. The number of likely N-dealkylation sites (N-methyl/N-ethyl adjacent to an activating group) is 2. The number of hydrogen-bond acceptors (Lipinski definition) is 5. The number of furan rings is 1. The number of imidazole rings is 1. The Balaban J connectivity index is 1.91. The Morgan fingerprint density at radius 3 is 3.00 bits per heavy atom. The summed E-state index contributed by atoms with van der Waals surface area (Å²) < 4.78 is 7.56. The molecule has 0 aliphatic carbocycles. The Morgan fingerprint density at radius 2 is 2.33 bits per heavy atom. The first-order valence-electron chi connectivity index (χ1n) is 6.70. The van der Waals surface area contributed by atoms with Crippen molar-refractivity contribution < 1.29 is 9.21 Å². The Bertz CT molecular complexity index is 593. The van der Waals surface area contributed by atoms with Crippen molar-refractivity contribution in [2.75, 3.05) is 27.2 Å². The van der Waals surface area contributed by atoms with Crippen LogP contribution in [0.5, 0.6) is 0 Å². The van der Waals surface area contributed by atoms with Gasteiger partial charge in [0.05, 0.1) is 5.75 Å². The summed E-state index contributed by atoms with van der Waals surface area (Å²) in [5.41, 5.74) is 0. The summed E-state index contributed by atoms with van der Waals surface area (Å²) in [6, 6.07) is 3.57.